The molecule has 1 aromatic heterocycles. The van der Waals surface area contributed by atoms with Gasteiger partial charge in [-0.1, -0.05) is 48.0 Å². The Labute approximate surface area is 162 Å². The molecule has 0 atom stereocenters. The number of nitrogens with zero attached hydrogens (tertiary/aromatic N) is 2. The number of rotatable bonds is 5. The maximum Gasteiger partial charge on any atom is 0.291 e. The van der Waals surface area contributed by atoms with E-state index < -0.39 is 0 Å². The van der Waals surface area contributed by atoms with Crippen LogP contribution in [-0.2, 0) is 6.54 Å². The van der Waals surface area contributed by atoms with Crippen molar-refractivity contribution in [1.29, 1.82) is 0 Å². The molecule has 1 N–H and O–H groups in total. The number of aromatic nitrogens is 2. The van der Waals surface area contributed by atoms with Gasteiger partial charge in [0.15, 0.2) is 5.78 Å². The van der Waals surface area contributed by atoms with Crippen LogP contribution >= 0.6 is 11.6 Å². The van der Waals surface area contributed by atoms with Crippen molar-refractivity contribution in [2.75, 3.05) is 5.32 Å². The molecule has 0 bridgehead atoms. The molecule has 1 heterocycles. The van der Waals surface area contributed by atoms with Crippen LogP contribution in [0.1, 0.15) is 29.8 Å². The molecule has 0 aliphatic rings. The van der Waals surface area contributed by atoms with Gasteiger partial charge in [0.05, 0.1) is 16.3 Å². The number of carbonyl (C=O) groups is 1. The Kier molecular flexibility index (Phi) is 5.42. The number of hydrogen-bond donors (Lipinski definition) is 1. The van der Waals surface area contributed by atoms with Crippen molar-refractivity contribution in [1.82, 2.24) is 9.78 Å². The van der Waals surface area contributed by atoms with Crippen molar-refractivity contribution in [2.45, 2.75) is 27.3 Å². The highest BCUT2D eigenvalue weighted by Crippen LogP contribution is 2.30. The van der Waals surface area contributed by atoms with Gasteiger partial charge in [-0.15, -0.1) is 0 Å². The van der Waals surface area contributed by atoms with Crippen LogP contribution in [0.25, 0.3) is 11.3 Å². The van der Waals surface area contributed by atoms with E-state index in [1.807, 2.05) is 56.3 Å². The van der Waals surface area contributed by atoms with Gasteiger partial charge in [0.25, 0.3) is 5.56 Å². The third-order valence-corrected chi connectivity index (χ3v) is 4.57. The maximum absolute atomic E-state index is 13.0. The molecule has 0 aliphatic carbocycles. The standard InChI is InChI=1S/C21H20ClN3O2/c1-4-25-21(27)20(23-17-12-13(2)10-11-16(17)22)18(14(3)26)19(24-25)15-8-6-5-7-9-15/h5-12,23H,4H2,1-3H3. The highest BCUT2D eigenvalue weighted by molar-refractivity contribution is 6.33. The highest BCUT2D eigenvalue weighted by Gasteiger charge is 2.22. The summed E-state index contributed by atoms with van der Waals surface area (Å²) >= 11 is 6.29. The fourth-order valence-electron chi connectivity index (χ4n) is 2.91. The van der Waals surface area contributed by atoms with Crippen molar-refractivity contribution in [3.63, 3.8) is 0 Å². The fourth-order valence-corrected chi connectivity index (χ4v) is 3.08. The van der Waals surface area contributed by atoms with Crippen LogP contribution < -0.4 is 10.9 Å². The molecule has 0 saturated carbocycles. The quantitative estimate of drug-likeness (QED) is 0.642. The van der Waals surface area contributed by atoms with Crippen LogP contribution in [0.4, 0.5) is 11.4 Å². The molecule has 5 nitrogen and oxygen atoms in total. The van der Waals surface area contributed by atoms with Gasteiger partial charge in [-0.25, -0.2) is 4.68 Å². The molecule has 2 aromatic carbocycles. The van der Waals surface area contributed by atoms with E-state index in [0.29, 0.717) is 22.9 Å². The first-order valence-electron chi connectivity index (χ1n) is 8.67. The lowest BCUT2D eigenvalue weighted by Crippen LogP contribution is -2.28. The van der Waals surface area contributed by atoms with Gasteiger partial charge < -0.3 is 5.32 Å². The maximum atomic E-state index is 13.0. The molecule has 3 aromatic rings. The predicted molar refractivity (Wildman–Crippen MR) is 109 cm³/mol. The van der Waals surface area contributed by atoms with Crippen LogP contribution in [0, 0.1) is 6.92 Å². The second-order valence-electron chi connectivity index (χ2n) is 6.25. The Morgan fingerprint density at radius 1 is 1.19 bits per heavy atom. The summed E-state index contributed by atoms with van der Waals surface area (Å²) in [4.78, 5) is 25.4. The number of anilines is 2. The van der Waals surface area contributed by atoms with Crippen molar-refractivity contribution in [3.05, 3.63) is 75.0 Å². The van der Waals surface area contributed by atoms with Crippen molar-refractivity contribution in [3.8, 4) is 11.3 Å². The molecule has 0 amide bonds. The van der Waals surface area contributed by atoms with E-state index in [0.717, 1.165) is 11.1 Å². The van der Waals surface area contributed by atoms with Gasteiger partial charge in [-0.3, -0.25) is 9.59 Å². The third-order valence-electron chi connectivity index (χ3n) is 4.24. The van der Waals surface area contributed by atoms with E-state index in [4.69, 9.17) is 11.6 Å². The van der Waals surface area contributed by atoms with E-state index in [1.54, 1.807) is 6.07 Å². The predicted octanol–water partition coefficient (Wildman–Crippen LogP) is 4.84. The molecular weight excluding hydrogens is 362 g/mol. The third kappa shape index (κ3) is 3.78. The van der Waals surface area contributed by atoms with Gasteiger partial charge in [0, 0.05) is 12.1 Å². The fraction of sp³-hybridized carbons (Fsp3) is 0.190. The molecule has 0 fully saturated rings. The average molecular weight is 382 g/mol. The monoisotopic (exact) mass is 381 g/mol. The van der Waals surface area contributed by atoms with E-state index >= 15 is 0 Å². The first-order chi connectivity index (χ1) is 12.9. The van der Waals surface area contributed by atoms with Crippen LogP contribution in [0.5, 0.6) is 0 Å². The lowest BCUT2D eigenvalue weighted by Gasteiger charge is -2.17. The molecule has 0 aliphatic heterocycles. The Morgan fingerprint density at radius 2 is 1.89 bits per heavy atom. The molecular formula is C21H20ClN3O2. The molecule has 0 spiro atoms. The minimum Gasteiger partial charge on any atom is -0.349 e. The minimum atomic E-state index is -0.361. The van der Waals surface area contributed by atoms with Gasteiger partial charge in [-0.05, 0) is 38.5 Å². The smallest absolute Gasteiger partial charge is 0.291 e. The number of carbonyl (C=O) groups excluding carboxylic acids is 1. The molecule has 6 heteroatoms. The summed E-state index contributed by atoms with van der Waals surface area (Å²) in [5.74, 6) is -0.243. The second-order valence-corrected chi connectivity index (χ2v) is 6.66. The van der Waals surface area contributed by atoms with Crippen LogP contribution in [-0.4, -0.2) is 15.6 Å². The topological polar surface area (TPSA) is 64.0 Å². The SMILES string of the molecule is CCn1nc(-c2ccccc2)c(C(C)=O)c(Nc2cc(C)ccc2Cl)c1=O. The summed E-state index contributed by atoms with van der Waals surface area (Å²) in [5.41, 5.74) is 2.88. The molecule has 0 saturated heterocycles. The van der Waals surface area contributed by atoms with E-state index in [1.165, 1.54) is 11.6 Å². The molecule has 138 valence electrons. The van der Waals surface area contributed by atoms with Crippen LogP contribution in [0.3, 0.4) is 0 Å². The Balaban J connectivity index is 2.30. The highest BCUT2D eigenvalue weighted by atomic mass is 35.5. The Hall–Kier alpha value is -2.92. The first kappa shape index (κ1) is 18.9. The zero-order valence-corrected chi connectivity index (χ0v) is 16.2. The van der Waals surface area contributed by atoms with Crippen LogP contribution in [0.2, 0.25) is 5.02 Å². The number of Topliss-reactive ketones (excluding diaryl/α,β-unsaturated/α-hetero) is 1. The minimum absolute atomic E-state index is 0.186. The van der Waals surface area contributed by atoms with Crippen LogP contribution in [0.15, 0.2) is 53.3 Å². The molecule has 27 heavy (non-hydrogen) atoms. The van der Waals surface area contributed by atoms with Crippen molar-refractivity contribution in [2.24, 2.45) is 0 Å². The zero-order chi connectivity index (χ0) is 19.6. The summed E-state index contributed by atoms with van der Waals surface area (Å²) in [5, 5.41) is 7.99. The van der Waals surface area contributed by atoms with Gasteiger partial charge in [0.2, 0.25) is 0 Å². The van der Waals surface area contributed by atoms with Crippen molar-refractivity contribution >= 4 is 28.8 Å². The Bertz CT molecular complexity index is 1060. The number of ketones is 1. The normalized spacial score (nSPS) is 10.7. The Morgan fingerprint density at radius 3 is 2.52 bits per heavy atom. The largest absolute Gasteiger partial charge is 0.349 e. The summed E-state index contributed by atoms with van der Waals surface area (Å²) in [6, 6.07) is 14.8. The lowest BCUT2D eigenvalue weighted by molar-refractivity contribution is 0.101. The molecule has 3 rings (SSSR count). The number of benzene rings is 2. The average Bonchev–Trinajstić information content (AvgIpc) is 2.66. The molecule has 0 unspecified atom stereocenters. The summed E-state index contributed by atoms with van der Waals surface area (Å²) in [7, 11) is 0. The van der Waals surface area contributed by atoms with Gasteiger partial charge in [0.1, 0.15) is 11.4 Å². The van der Waals surface area contributed by atoms with E-state index in [2.05, 4.69) is 10.4 Å². The van der Waals surface area contributed by atoms with Gasteiger partial charge in [-0.2, -0.15) is 5.10 Å². The zero-order valence-electron chi connectivity index (χ0n) is 15.4. The van der Waals surface area contributed by atoms with E-state index in [-0.39, 0.29) is 22.6 Å². The van der Waals surface area contributed by atoms with Crippen molar-refractivity contribution < 1.29 is 4.79 Å². The molecule has 0 radical (unpaired) electrons. The van der Waals surface area contributed by atoms with Gasteiger partial charge >= 0.3 is 0 Å². The number of halogens is 1. The summed E-state index contributed by atoms with van der Waals surface area (Å²) in [6.07, 6.45) is 0. The van der Waals surface area contributed by atoms with E-state index in [9.17, 15) is 9.59 Å². The summed E-state index contributed by atoms with van der Waals surface area (Å²) < 4.78 is 1.35. The lowest BCUT2D eigenvalue weighted by atomic mass is 10.0. The number of hydrogen-bond acceptors (Lipinski definition) is 4. The second kappa shape index (κ2) is 7.76. The summed E-state index contributed by atoms with van der Waals surface area (Å²) in [6.45, 7) is 5.58. The number of aryl methyl sites for hydroxylation is 2. The number of nitrogens with one attached hydrogen (secondary N) is 1. The first-order valence-corrected chi connectivity index (χ1v) is 9.04.